The van der Waals surface area contributed by atoms with Crippen molar-refractivity contribution < 1.29 is 38.0 Å². The van der Waals surface area contributed by atoms with E-state index in [0.29, 0.717) is 0 Å². The van der Waals surface area contributed by atoms with Gasteiger partial charge >= 0.3 is 11.2 Å². The van der Waals surface area contributed by atoms with Crippen LogP contribution in [-0.4, -0.2) is 29.0 Å². The highest BCUT2D eigenvalue weighted by atomic mass is 32.2. The van der Waals surface area contributed by atoms with Gasteiger partial charge in [0.15, 0.2) is 0 Å². The van der Waals surface area contributed by atoms with Gasteiger partial charge in [0.25, 0.3) is 0 Å². The molecule has 0 heterocycles. The van der Waals surface area contributed by atoms with E-state index in [1.165, 1.54) is 6.92 Å². The molecule has 0 rings (SSSR count). The van der Waals surface area contributed by atoms with Crippen molar-refractivity contribution in [2.75, 3.05) is 6.61 Å². The summed E-state index contributed by atoms with van der Waals surface area (Å²) in [5.74, 6) is -1.87. The maximum absolute atomic E-state index is 12.6. The summed E-state index contributed by atoms with van der Waals surface area (Å²) in [6.07, 6.45) is -0.730. The van der Waals surface area contributed by atoms with Gasteiger partial charge in [-0.3, -0.25) is 5.04 Å². The lowest BCUT2D eigenvalue weighted by Crippen LogP contribution is -2.28. The number of alkyl halides is 2. The number of rotatable bonds is 7. The van der Waals surface area contributed by atoms with Crippen LogP contribution in [0.25, 0.3) is 0 Å². The van der Waals surface area contributed by atoms with E-state index >= 15 is 0 Å². The predicted molar refractivity (Wildman–Crippen MR) is 42.0 cm³/mol. The van der Waals surface area contributed by atoms with Gasteiger partial charge in [0.05, 0.1) is 12.7 Å². The van der Waals surface area contributed by atoms with E-state index < -0.39 is 29.4 Å². The summed E-state index contributed by atoms with van der Waals surface area (Å²) in [6, 6.07) is 0. The fourth-order valence-electron chi connectivity index (χ4n) is 0.497. The van der Waals surface area contributed by atoms with Crippen LogP contribution in [0.2, 0.25) is 0 Å². The lowest BCUT2D eigenvalue weighted by atomic mass is 10.3. The van der Waals surface area contributed by atoms with Gasteiger partial charge in [-0.2, -0.15) is 13.1 Å². The fourth-order valence-corrected chi connectivity index (χ4v) is 0.737. The molecule has 0 amide bonds. The lowest BCUT2D eigenvalue weighted by molar-refractivity contribution is -0.777. The van der Waals surface area contributed by atoms with Gasteiger partial charge in [-0.25, -0.2) is 4.79 Å². The van der Waals surface area contributed by atoms with Crippen molar-refractivity contribution in [1.29, 1.82) is 0 Å². The molecule has 1 unspecified atom stereocenters. The molecule has 6 nitrogen and oxygen atoms in total. The molecule has 0 aliphatic carbocycles. The van der Waals surface area contributed by atoms with Gasteiger partial charge in [-0.1, -0.05) is 0 Å². The molecule has 90 valence electrons. The summed E-state index contributed by atoms with van der Waals surface area (Å²) in [4.78, 5) is 10.6. The van der Waals surface area contributed by atoms with Crippen LogP contribution in [0.1, 0.15) is 13.3 Å². The minimum atomic E-state index is -4.02. The summed E-state index contributed by atoms with van der Waals surface area (Å²) in [5, 5.41) is 16.6. The van der Waals surface area contributed by atoms with Crippen LogP contribution >= 0.6 is 12.0 Å². The number of halogens is 2. The maximum Gasteiger partial charge on any atom is 0.415 e. The molecule has 0 aliphatic rings. The highest BCUT2D eigenvalue weighted by Gasteiger charge is 2.43. The van der Waals surface area contributed by atoms with Crippen LogP contribution < -0.4 is 5.26 Å². The normalized spacial score (nSPS) is 13.7. The van der Waals surface area contributed by atoms with E-state index in [9.17, 15) is 18.8 Å². The Labute approximate surface area is 88.2 Å². The van der Waals surface area contributed by atoms with Crippen LogP contribution in [-0.2, 0) is 18.9 Å². The van der Waals surface area contributed by atoms with Crippen molar-refractivity contribution in [2.45, 2.75) is 24.7 Å². The van der Waals surface area contributed by atoms with E-state index in [1.54, 1.807) is 0 Å². The summed E-state index contributed by atoms with van der Waals surface area (Å²) >= 11 is -0.759. The molecule has 1 atom stereocenters. The van der Waals surface area contributed by atoms with Gasteiger partial charge in [-0.15, -0.1) is 0 Å². The van der Waals surface area contributed by atoms with Crippen molar-refractivity contribution in [3.05, 3.63) is 0 Å². The summed E-state index contributed by atoms with van der Waals surface area (Å²) < 4.78 is 32.6. The van der Waals surface area contributed by atoms with Crippen molar-refractivity contribution in [3.8, 4) is 0 Å². The van der Waals surface area contributed by atoms with Crippen LogP contribution in [0.3, 0.4) is 0 Å². The number of carbonyl (C=O) groups excluding carboxylic acids is 1. The first-order valence-electron chi connectivity index (χ1n) is 3.77. The van der Waals surface area contributed by atoms with Gasteiger partial charge in [-0.05, 0) is 6.92 Å². The van der Waals surface area contributed by atoms with Crippen molar-refractivity contribution in [2.24, 2.45) is 0 Å². The second kappa shape index (κ2) is 6.90. The number of ether oxygens (including phenoxy) is 1. The van der Waals surface area contributed by atoms with E-state index in [1.807, 2.05) is 0 Å². The second-order valence-electron chi connectivity index (χ2n) is 2.51. The minimum absolute atomic E-state index is 0.0331. The minimum Gasteiger partial charge on any atom is -0.691 e. The third kappa shape index (κ3) is 6.57. The zero-order valence-electron chi connectivity index (χ0n) is 7.64. The first-order chi connectivity index (χ1) is 6.90. The highest BCUT2D eigenvalue weighted by molar-refractivity contribution is 7.96. The van der Waals surface area contributed by atoms with Crippen LogP contribution in [0, 0.1) is 0 Å². The number of hydrogen-bond donors (Lipinski definition) is 1. The van der Waals surface area contributed by atoms with E-state index in [0.717, 1.165) is 0 Å². The quantitative estimate of drug-likeness (QED) is 0.287. The molecule has 0 spiro atoms. The number of hydrogen-bond acceptors (Lipinski definition) is 7. The van der Waals surface area contributed by atoms with Crippen LogP contribution in [0.15, 0.2) is 0 Å². The molecule has 0 fully saturated rings. The summed E-state index contributed by atoms with van der Waals surface area (Å²) in [6.45, 7) is 1.06. The first-order valence-corrected chi connectivity index (χ1v) is 4.51. The van der Waals surface area contributed by atoms with E-state index in [2.05, 4.69) is 14.1 Å². The topological polar surface area (TPSA) is 88.1 Å². The molecule has 0 saturated carbocycles. The predicted octanol–water partition coefficient (Wildman–Crippen LogP) is -0.235. The first kappa shape index (κ1) is 14.5. The average Bonchev–Trinajstić information content (AvgIpc) is 2.14. The Hall–Kier alpha value is -0.480. The van der Waals surface area contributed by atoms with Gasteiger partial charge in [0, 0.05) is 6.42 Å². The molecule has 0 radical (unpaired) electrons. The Morgan fingerprint density at radius 1 is 1.67 bits per heavy atom. The molecule has 0 aromatic rings. The fraction of sp³-hybridized carbons (Fsp3) is 0.833. The molecule has 0 aromatic carbocycles. The standard InChI is InChI=1S/C6H10F2O6S/c1-4(9)2-3-12-5(10)6(7,8)15-14-13-11/h4,9,11H,2-3H2,1H3/p-1. The second-order valence-corrected chi connectivity index (χ2v) is 3.33. The Kier molecular flexibility index (Phi) is 6.68. The smallest absolute Gasteiger partial charge is 0.415 e. The summed E-state index contributed by atoms with van der Waals surface area (Å²) in [7, 11) is 0. The molecule has 0 aromatic heterocycles. The third-order valence-electron chi connectivity index (χ3n) is 1.17. The van der Waals surface area contributed by atoms with Crippen molar-refractivity contribution in [3.63, 3.8) is 0 Å². The molecule has 0 bridgehead atoms. The van der Waals surface area contributed by atoms with Gasteiger partial charge < -0.3 is 15.1 Å². The zero-order valence-corrected chi connectivity index (χ0v) is 8.46. The summed E-state index contributed by atoms with van der Waals surface area (Å²) in [5.41, 5.74) is 0. The van der Waals surface area contributed by atoms with Crippen LogP contribution in [0.5, 0.6) is 0 Å². The Bertz CT molecular complexity index is 200. The SMILES string of the molecule is CC(O)CCOC(=O)C(F)(F)SOO[O-]. The molecule has 9 heteroatoms. The van der Waals surface area contributed by atoms with E-state index in [4.69, 9.17) is 5.11 Å². The molecule has 15 heavy (non-hydrogen) atoms. The monoisotopic (exact) mass is 247 g/mol. The average molecular weight is 247 g/mol. The highest BCUT2D eigenvalue weighted by Crippen LogP contribution is 2.30. The zero-order chi connectivity index (χ0) is 11.9. The number of aliphatic hydroxyl groups excluding tert-OH is 1. The Morgan fingerprint density at radius 2 is 2.27 bits per heavy atom. The maximum atomic E-state index is 12.6. The van der Waals surface area contributed by atoms with Crippen molar-refractivity contribution >= 4 is 18.0 Å². The van der Waals surface area contributed by atoms with Gasteiger partial charge in [0.2, 0.25) is 0 Å². The number of aliphatic hydroxyl groups is 1. The molecule has 1 N–H and O–H groups in total. The van der Waals surface area contributed by atoms with Crippen molar-refractivity contribution in [1.82, 2.24) is 0 Å². The number of esters is 1. The Balaban J connectivity index is 3.85. The number of carbonyl (C=O) groups is 1. The Morgan fingerprint density at radius 3 is 2.73 bits per heavy atom. The molecular formula is C6H9F2O6S-. The van der Waals surface area contributed by atoms with Gasteiger partial charge in [0.1, 0.15) is 12.0 Å². The largest absolute Gasteiger partial charge is 0.691 e. The van der Waals surface area contributed by atoms with Crippen LogP contribution in [0.4, 0.5) is 8.78 Å². The molecular weight excluding hydrogens is 238 g/mol. The molecule has 0 saturated heterocycles. The van der Waals surface area contributed by atoms with E-state index in [-0.39, 0.29) is 13.0 Å². The third-order valence-corrected chi connectivity index (χ3v) is 1.67. The molecule has 0 aliphatic heterocycles. The lowest BCUT2D eigenvalue weighted by Gasteiger charge is -2.14.